The van der Waals surface area contributed by atoms with Gasteiger partial charge in [-0.15, -0.1) is 0 Å². The number of ether oxygens (including phenoxy) is 2. The number of hydrogen-bond donors (Lipinski definition) is 1. The quantitative estimate of drug-likeness (QED) is 0.751. The lowest BCUT2D eigenvalue weighted by Crippen LogP contribution is -2.44. The molecule has 0 unspecified atom stereocenters. The Morgan fingerprint density at radius 2 is 1.93 bits per heavy atom. The minimum absolute atomic E-state index is 0.0383. The molecule has 0 radical (unpaired) electrons. The van der Waals surface area contributed by atoms with Gasteiger partial charge in [-0.1, -0.05) is 36.8 Å². The van der Waals surface area contributed by atoms with Gasteiger partial charge in [-0.3, -0.25) is 4.79 Å². The standard InChI is InChI=1S/C24H31NO3/c1-5-19(4)28-22-10-9-21(16-18(22)3)25-23(26)24(11-13-27-14-12-24)20-8-6-7-17(2)15-20/h6-10,15-16,19H,5,11-14H2,1-4H3,(H,25,26)/t19-/m1/s1. The van der Waals surface area contributed by atoms with Crippen LogP contribution in [0, 0.1) is 13.8 Å². The van der Waals surface area contributed by atoms with Gasteiger partial charge in [0, 0.05) is 18.9 Å². The van der Waals surface area contributed by atoms with Gasteiger partial charge in [0.1, 0.15) is 5.75 Å². The van der Waals surface area contributed by atoms with E-state index in [4.69, 9.17) is 9.47 Å². The van der Waals surface area contributed by atoms with Crippen molar-refractivity contribution in [1.29, 1.82) is 0 Å². The molecule has 4 heteroatoms. The fourth-order valence-corrected chi connectivity index (χ4v) is 3.72. The third kappa shape index (κ3) is 4.39. The van der Waals surface area contributed by atoms with Gasteiger partial charge < -0.3 is 14.8 Å². The molecule has 1 fully saturated rings. The zero-order valence-corrected chi connectivity index (χ0v) is 17.4. The van der Waals surface area contributed by atoms with E-state index in [1.54, 1.807) is 0 Å². The molecule has 2 aromatic carbocycles. The molecule has 0 spiro atoms. The average molecular weight is 382 g/mol. The molecule has 150 valence electrons. The molecule has 28 heavy (non-hydrogen) atoms. The van der Waals surface area contributed by atoms with Crippen LogP contribution in [0.5, 0.6) is 5.75 Å². The highest BCUT2D eigenvalue weighted by atomic mass is 16.5. The van der Waals surface area contributed by atoms with Crippen molar-refractivity contribution in [2.75, 3.05) is 18.5 Å². The van der Waals surface area contributed by atoms with Crippen LogP contribution in [0.4, 0.5) is 5.69 Å². The summed E-state index contributed by atoms with van der Waals surface area (Å²) in [5.74, 6) is 0.906. The number of benzene rings is 2. The van der Waals surface area contributed by atoms with Crippen LogP contribution in [0.3, 0.4) is 0 Å². The Labute approximate surface area is 168 Å². The molecule has 0 aliphatic carbocycles. The third-order valence-corrected chi connectivity index (χ3v) is 5.69. The Kier molecular flexibility index (Phi) is 6.40. The minimum atomic E-state index is -0.552. The molecule has 0 aromatic heterocycles. The van der Waals surface area contributed by atoms with Crippen LogP contribution in [-0.4, -0.2) is 25.2 Å². The second kappa shape index (κ2) is 8.78. The van der Waals surface area contributed by atoms with Crippen molar-refractivity contribution in [2.24, 2.45) is 0 Å². The summed E-state index contributed by atoms with van der Waals surface area (Å²) in [7, 11) is 0. The third-order valence-electron chi connectivity index (χ3n) is 5.69. The van der Waals surface area contributed by atoms with Crippen molar-refractivity contribution in [1.82, 2.24) is 0 Å². The van der Waals surface area contributed by atoms with Crippen LogP contribution < -0.4 is 10.1 Å². The van der Waals surface area contributed by atoms with Crippen LogP contribution in [0.15, 0.2) is 42.5 Å². The zero-order valence-electron chi connectivity index (χ0n) is 17.4. The van der Waals surface area contributed by atoms with Gasteiger partial charge in [0.2, 0.25) is 5.91 Å². The lowest BCUT2D eigenvalue weighted by molar-refractivity contribution is -0.125. The van der Waals surface area contributed by atoms with E-state index in [0.717, 1.165) is 29.0 Å². The van der Waals surface area contributed by atoms with Gasteiger partial charge >= 0.3 is 0 Å². The number of carbonyl (C=O) groups is 1. The summed E-state index contributed by atoms with van der Waals surface area (Å²) in [6.45, 7) is 9.44. The number of carbonyl (C=O) groups excluding carboxylic acids is 1. The zero-order chi connectivity index (χ0) is 20.1. The van der Waals surface area contributed by atoms with Gasteiger partial charge in [0.25, 0.3) is 0 Å². The van der Waals surface area contributed by atoms with Crippen LogP contribution in [0.25, 0.3) is 0 Å². The number of hydrogen-bond acceptors (Lipinski definition) is 3. The molecule has 1 amide bonds. The maximum absolute atomic E-state index is 13.4. The van der Waals surface area contributed by atoms with Crippen molar-refractivity contribution in [3.05, 3.63) is 59.2 Å². The molecule has 0 bridgehead atoms. The molecule has 2 aromatic rings. The first-order valence-electron chi connectivity index (χ1n) is 10.2. The maximum Gasteiger partial charge on any atom is 0.235 e. The highest BCUT2D eigenvalue weighted by molar-refractivity contribution is 5.99. The number of rotatable bonds is 6. The first-order valence-corrected chi connectivity index (χ1v) is 10.2. The fraction of sp³-hybridized carbons (Fsp3) is 0.458. The van der Waals surface area contributed by atoms with E-state index in [1.807, 2.05) is 31.2 Å². The van der Waals surface area contributed by atoms with E-state index in [2.05, 4.69) is 44.3 Å². The smallest absolute Gasteiger partial charge is 0.235 e. The van der Waals surface area contributed by atoms with Crippen molar-refractivity contribution < 1.29 is 14.3 Å². The molecule has 1 N–H and O–H groups in total. The first-order chi connectivity index (χ1) is 13.4. The Bertz CT molecular complexity index is 824. The van der Waals surface area contributed by atoms with Gasteiger partial charge in [-0.05, 0) is 69.4 Å². The molecule has 0 saturated carbocycles. The Morgan fingerprint density at radius 3 is 2.57 bits per heavy atom. The summed E-state index contributed by atoms with van der Waals surface area (Å²) < 4.78 is 11.5. The second-order valence-corrected chi connectivity index (χ2v) is 7.84. The van der Waals surface area contributed by atoms with Crippen molar-refractivity contribution >= 4 is 11.6 Å². The molecule has 4 nitrogen and oxygen atoms in total. The Hall–Kier alpha value is -2.33. The second-order valence-electron chi connectivity index (χ2n) is 7.84. The summed E-state index contributed by atoms with van der Waals surface area (Å²) in [5.41, 5.74) is 3.51. The molecule has 3 rings (SSSR count). The molecule has 1 aliphatic rings. The summed E-state index contributed by atoms with van der Waals surface area (Å²) in [5, 5.41) is 3.16. The van der Waals surface area contributed by atoms with E-state index in [9.17, 15) is 4.79 Å². The Balaban J connectivity index is 1.84. The maximum atomic E-state index is 13.4. The average Bonchev–Trinajstić information content (AvgIpc) is 2.70. The molecule has 1 atom stereocenters. The van der Waals surface area contributed by atoms with Crippen LogP contribution in [0.1, 0.15) is 49.8 Å². The van der Waals surface area contributed by atoms with E-state index in [0.29, 0.717) is 26.1 Å². The van der Waals surface area contributed by atoms with Crippen LogP contribution in [0.2, 0.25) is 0 Å². The molecule has 1 aliphatic heterocycles. The van der Waals surface area contributed by atoms with E-state index in [-0.39, 0.29) is 12.0 Å². The highest BCUT2D eigenvalue weighted by Crippen LogP contribution is 2.37. The highest BCUT2D eigenvalue weighted by Gasteiger charge is 2.41. The molecule has 1 heterocycles. The topological polar surface area (TPSA) is 47.6 Å². The van der Waals surface area contributed by atoms with Crippen molar-refractivity contribution in [2.45, 2.75) is 58.5 Å². The summed E-state index contributed by atoms with van der Waals surface area (Å²) >= 11 is 0. The minimum Gasteiger partial charge on any atom is -0.490 e. The summed E-state index contributed by atoms with van der Waals surface area (Å²) in [4.78, 5) is 13.4. The first kappa shape index (κ1) is 20.4. The summed E-state index contributed by atoms with van der Waals surface area (Å²) in [6.07, 6.45) is 2.51. The molecular formula is C24H31NO3. The van der Waals surface area contributed by atoms with Crippen molar-refractivity contribution in [3.63, 3.8) is 0 Å². The van der Waals surface area contributed by atoms with Crippen molar-refractivity contribution in [3.8, 4) is 5.75 Å². The predicted octanol–water partition coefficient (Wildman–Crippen LogP) is 5.17. The monoisotopic (exact) mass is 381 g/mol. The SMILES string of the molecule is CC[C@@H](C)Oc1ccc(NC(=O)C2(c3cccc(C)c3)CCOCC2)cc1C. The number of amides is 1. The van der Waals surface area contributed by atoms with Gasteiger partial charge in [-0.2, -0.15) is 0 Å². The van der Waals surface area contributed by atoms with E-state index < -0.39 is 5.41 Å². The van der Waals surface area contributed by atoms with Gasteiger partial charge in [-0.25, -0.2) is 0 Å². The Morgan fingerprint density at radius 1 is 1.18 bits per heavy atom. The lowest BCUT2D eigenvalue weighted by atomic mass is 9.73. The molecule has 1 saturated heterocycles. The summed E-state index contributed by atoms with van der Waals surface area (Å²) in [6, 6.07) is 14.1. The number of aryl methyl sites for hydroxylation is 2. The lowest BCUT2D eigenvalue weighted by Gasteiger charge is -2.36. The van der Waals surface area contributed by atoms with E-state index >= 15 is 0 Å². The molecular weight excluding hydrogens is 350 g/mol. The predicted molar refractivity (Wildman–Crippen MR) is 113 cm³/mol. The van der Waals surface area contributed by atoms with Gasteiger partial charge in [0.05, 0.1) is 11.5 Å². The van der Waals surface area contributed by atoms with Crippen LogP contribution >= 0.6 is 0 Å². The normalized spacial score (nSPS) is 17.0. The largest absolute Gasteiger partial charge is 0.490 e. The number of anilines is 1. The van der Waals surface area contributed by atoms with Gasteiger partial charge in [0.15, 0.2) is 0 Å². The fourth-order valence-electron chi connectivity index (χ4n) is 3.72. The van der Waals surface area contributed by atoms with Crippen LogP contribution in [-0.2, 0) is 14.9 Å². The van der Waals surface area contributed by atoms with E-state index in [1.165, 1.54) is 5.56 Å². The number of nitrogens with one attached hydrogen (secondary N) is 1.